The zero-order valence-corrected chi connectivity index (χ0v) is 12.0. The summed E-state index contributed by atoms with van der Waals surface area (Å²) >= 11 is 3.04. The molecule has 1 unspecified atom stereocenters. The normalized spacial score (nSPS) is 12.5. The molecular weight excluding hydrogens is 304 g/mol. The predicted octanol–water partition coefficient (Wildman–Crippen LogP) is 1.89. The molecule has 1 aromatic heterocycles. The van der Waals surface area contributed by atoms with Crippen molar-refractivity contribution in [3.63, 3.8) is 0 Å². The summed E-state index contributed by atoms with van der Waals surface area (Å²) in [5, 5.41) is 17.2. The van der Waals surface area contributed by atoms with Crippen LogP contribution in [0.15, 0.2) is 10.7 Å². The van der Waals surface area contributed by atoms with Gasteiger partial charge in [0.25, 0.3) is 0 Å². The number of hydrogen-bond acceptors (Lipinski definition) is 4. The second-order valence-corrected chi connectivity index (χ2v) is 5.21. The minimum Gasteiger partial charge on any atom is -0.358 e. The Bertz CT molecular complexity index is 458. The monoisotopic (exact) mass is 318 g/mol. The third-order valence-electron chi connectivity index (χ3n) is 2.30. The van der Waals surface area contributed by atoms with Crippen LogP contribution in [-0.4, -0.2) is 27.2 Å². The Labute approximate surface area is 113 Å². The number of carbonyl (C=O) groups is 1. The van der Waals surface area contributed by atoms with E-state index in [-0.39, 0.29) is 16.2 Å². The zero-order chi connectivity index (χ0) is 13.9. The zero-order valence-electron chi connectivity index (χ0n) is 10.4. The smallest absolute Gasteiger partial charge is 0.358 e. The SMILES string of the molecule is CC(C)CNC(=O)C(C)n1cc(Br)c([N+](=O)[O-])n1. The molecule has 0 fully saturated rings. The van der Waals surface area contributed by atoms with Crippen LogP contribution >= 0.6 is 15.9 Å². The minimum atomic E-state index is -0.598. The maximum Gasteiger partial charge on any atom is 0.404 e. The van der Waals surface area contributed by atoms with E-state index in [1.807, 2.05) is 13.8 Å². The Kier molecular flexibility index (Phi) is 4.83. The van der Waals surface area contributed by atoms with Crippen LogP contribution < -0.4 is 5.32 Å². The van der Waals surface area contributed by atoms with Crippen LogP contribution in [0.3, 0.4) is 0 Å². The van der Waals surface area contributed by atoms with Gasteiger partial charge < -0.3 is 15.4 Å². The summed E-state index contributed by atoms with van der Waals surface area (Å²) < 4.78 is 1.54. The molecule has 0 aliphatic rings. The molecule has 0 bridgehead atoms. The molecule has 0 saturated carbocycles. The third kappa shape index (κ3) is 3.52. The van der Waals surface area contributed by atoms with Crippen molar-refractivity contribution in [2.75, 3.05) is 6.54 Å². The first-order valence-corrected chi connectivity index (χ1v) is 6.29. The Morgan fingerprint density at radius 2 is 2.22 bits per heavy atom. The molecule has 1 heterocycles. The first kappa shape index (κ1) is 14.6. The van der Waals surface area contributed by atoms with Crippen LogP contribution in [0.4, 0.5) is 5.82 Å². The van der Waals surface area contributed by atoms with E-state index < -0.39 is 11.0 Å². The van der Waals surface area contributed by atoms with E-state index in [1.165, 1.54) is 10.9 Å². The van der Waals surface area contributed by atoms with Gasteiger partial charge in [0.05, 0.1) is 11.3 Å². The van der Waals surface area contributed by atoms with E-state index >= 15 is 0 Å². The first-order chi connectivity index (χ1) is 8.32. The number of rotatable bonds is 5. The molecule has 1 rings (SSSR count). The average Bonchev–Trinajstić information content (AvgIpc) is 2.67. The van der Waals surface area contributed by atoms with E-state index in [9.17, 15) is 14.9 Å². The lowest BCUT2D eigenvalue weighted by Gasteiger charge is -2.11. The van der Waals surface area contributed by atoms with E-state index in [1.54, 1.807) is 6.92 Å². The van der Waals surface area contributed by atoms with Crippen molar-refractivity contribution in [2.24, 2.45) is 5.92 Å². The number of nitrogens with one attached hydrogen (secondary N) is 1. The van der Waals surface area contributed by atoms with Crippen molar-refractivity contribution >= 4 is 27.7 Å². The molecule has 0 spiro atoms. The van der Waals surface area contributed by atoms with Crippen LogP contribution in [0.1, 0.15) is 26.8 Å². The number of amides is 1. The lowest BCUT2D eigenvalue weighted by atomic mass is 10.2. The summed E-state index contributed by atoms with van der Waals surface area (Å²) in [6.07, 6.45) is 1.43. The van der Waals surface area contributed by atoms with Crippen LogP contribution in [0.5, 0.6) is 0 Å². The maximum atomic E-state index is 11.8. The van der Waals surface area contributed by atoms with E-state index in [2.05, 4.69) is 26.3 Å². The van der Waals surface area contributed by atoms with Crippen LogP contribution in [0, 0.1) is 16.0 Å². The minimum absolute atomic E-state index is 0.214. The van der Waals surface area contributed by atoms with Crippen molar-refractivity contribution in [1.82, 2.24) is 15.1 Å². The molecule has 1 N–H and O–H groups in total. The number of nitro groups is 1. The van der Waals surface area contributed by atoms with Crippen molar-refractivity contribution in [1.29, 1.82) is 0 Å². The van der Waals surface area contributed by atoms with Gasteiger partial charge in [-0.05, 0) is 33.7 Å². The quantitative estimate of drug-likeness (QED) is 0.663. The molecule has 0 radical (unpaired) electrons. The van der Waals surface area contributed by atoms with Crippen LogP contribution in [0.25, 0.3) is 0 Å². The molecule has 0 saturated heterocycles. The molecule has 1 atom stereocenters. The Hall–Kier alpha value is -1.44. The molecule has 0 aliphatic carbocycles. The van der Waals surface area contributed by atoms with Crippen LogP contribution in [0.2, 0.25) is 0 Å². The Balaban J connectivity index is 2.77. The van der Waals surface area contributed by atoms with E-state index in [0.29, 0.717) is 12.5 Å². The molecule has 0 aliphatic heterocycles. The molecule has 100 valence electrons. The number of halogens is 1. The van der Waals surface area contributed by atoms with Crippen LogP contribution in [-0.2, 0) is 4.79 Å². The fraction of sp³-hybridized carbons (Fsp3) is 0.600. The van der Waals surface area contributed by atoms with Gasteiger partial charge in [0.15, 0.2) is 0 Å². The summed E-state index contributed by atoms with van der Waals surface area (Å²) in [5.74, 6) is -0.160. The molecule has 7 nitrogen and oxygen atoms in total. The van der Waals surface area contributed by atoms with Gasteiger partial charge in [-0.15, -0.1) is 0 Å². The van der Waals surface area contributed by atoms with Gasteiger partial charge in [0, 0.05) is 6.54 Å². The lowest BCUT2D eigenvalue weighted by molar-refractivity contribution is -0.390. The van der Waals surface area contributed by atoms with Crippen molar-refractivity contribution in [3.8, 4) is 0 Å². The molecule has 1 aromatic rings. The summed E-state index contributed by atoms with van der Waals surface area (Å²) in [4.78, 5) is 21.8. The van der Waals surface area contributed by atoms with Gasteiger partial charge in [-0.3, -0.25) is 4.79 Å². The maximum absolute atomic E-state index is 11.8. The van der Waals surface area contributed by atoms with E-state index in [0.717, 1.165) is 0 Å². The molecular formula is C10H15BrN4O3. The highest BCUT2D eigenvalue weighted by Gasteiger charge is 2.25. The number of nitrogens with zero attached hydrogens (tertiary/aromatic N) is 3. The van der Waals surface area contributed by atoms with Gasteiger partial charge in [-0.1, -0.05) is 13.8 Å². The number of carbonyl (C=O) groups excluding carboxylic acids is 1. The van der Waals surface area contributed by atoms with Gasteiger partial charge in [0.1, 0.15) is 10.5 Å². The summed E-state index contributed by atoms with van der Waals surface area (Å²) in [5.41, 5.74) is 0. The molecule has 8 heteroatoms. The number of aromatic nitrogens is 2. The highest BCUT2D eigenvalue weighted by atomic mass is 79.9. The second kappa shape index (κ2) is 5.94. The average molecular weight is 319 g/mol. The molecule has 18 heavy (non-hydrogen) atoms. The third-order valence-corrected chi connectivity index (χ3v) is 2.86. The summed E-state index contributed by atoms with van der Waals surface area (Å²) in [7, 11) is 0. The first-order valence-electron chi connectivity index (χ1n) is 5.49. The van der Waals surface area contributed by atoms with Gasteiger partial charge in [0.2, 0.25) is 5.91 Å². The topological polar surface area (TPSA) is 90.1 Å². The van der Waals surface area contributed by atoms with Gasteiger partial charge in [-0.25, -0.2) is 0 Å². The highest BCUT2D eigenvalue weighted by Crippen LogP contribution is 2.23. The van der Waals surface area contributed by atoms with Crippen molar-refractivity contribution < 1.29 is 9.72 Å². The van der Waals surface area contributed by atoms with Crippen molar-refractivity contribution in [2.45, 2.75) is 26.8 Å². The van der Waals surface area contributed by atoms with Crippen molar-refractivity contribution in [3.05, 3.63) is 20.8 Å². The Morgan fingerprint density at radius 3 is 2.67 bits per heavy atom. The molecule has 0 aromatic carbocycles. The summed E-state index contributed by atoms with van der Waals surface area (Å²) in [6.45, 7) is 6.17. The predicted molar refractivity (Wildman–Crippen MR) is 69.1 cm³/mol. The Morgan fingerprint density at radius 1 is 1.61 bits per heavy atom. The fourth-order valence-electron chi connectivity index (χ4n) is 1.25. The standard InChI is InChI=1S/C10H15BrN4O3/c1-6(2)4-12-10(16)7(3)14-5-8(11)9(13-14)15(17)18/h5-7H,4H2,1-3H3,(H,12,16). The van der Waals surface area contributed by atoms with Gasteiger partial charge >= 0.3 is 5.82 Å². The highest BCUT2D eigenvalue weighted by molar-refractivity contribution is 9.10. The molecule has 1 amide bonds. The second-order valence-electron chi connectivity index (χ2n) is 4.35. The van der Waals surface area contributed by atoms with E-state index in [4.69, 9.17) is 0 Å². The lowest BCUT2D eigenvalue weighted by Crippen LogP contribution is -2.33. The van der Waals surface area contributed by atoms with Gasteiger partial charge in [-0.2, -0.15) is 4.68 Å². The fourth-order valence-corrected chi connectivity index (χ4v) is 1.69. The number of hydrogen-bond donors (Lipinski definition) is 1. The largest absolute Gasteiger partial charge is 0.404 e. The summed E-state index contributed by atoms with van der Waals surface area (Å²) in [6, 6.07) is -0.589.